The molecule has 2 aromatic carbocycles. The summed E-state index contributed by atoms with van der Waals surface area (Å²) in [5.41, 5.74) is 4.69. The van der Waals surface area contributed by atoms with Crippen LogP contribution < -0.4 is 4.74 Å². The number of fused-ring (bicyclic) bond motifs is 2. The van der Waals surface area contributed by atoms with Gasteiger partial charge in [0.25, 0.3) is 0 Å². The highest BCUT2D eigenvalue weighted by Crippen LogP contribution is 2.35. The molecular formula is C25H30N2O2. The molecular weight excluding hydrogens is 360 g/mol. The second kappa shape index (κ2) is 6.87. The lowest BCUT2D eigenvalue weighted by Crippen LogP contribution is -2.20. The van der Waals surface area contributed by atoms with Gasteiger partial charge in [0.05, 0.1) is 6.61 Å². The molecule has 4 rings (SSSR count). The van der Waals surface area contributed by atoms with Crippen LogP contribution in [0.15, 0.2) is 48.8 Å². The van der Waals surface area contributed by atoms with E-state index in [0.717, 1.165) is 28.6 Å². The zero-order valence-electron chi connectivity index (χ0n) is 17.9. The molecule has 4 heteroatoms. The molecule has 0 aliphatic heterocycles. The molecule has 0 aliphatic rings. The summed E-state index contributed by atoms with van der Waals surface area (Å²) in [5.74, 6) is 1.18. The third-order valence-electron chi connectivity index (χ3n) is 5.85. The quantitative estimate of drug-likeness (QED) is 0.369. The Morgan fingerprint density at radius 1 is 0.828 bits per heavy atom. The predicted molar refractivity (Wildman–Crippen MR) is 120 cm³/mol. The van der Waals surface area contributed by atoms with Crippen molar-refractivity contribution in [2.24, 2.45) is 0 Å². The lowest BCUT2D eigenvalue weighted by molar-refractivity contribution is 0.273. The Bertz CT molecular complexity index is 1160. The second-order valence-electron chi connectivity index (χ2n) is 9.57. The molecule has 0 aliphatic carbocycles. The third kappa shape index (κ3) is 3.71. The Kier molecular flexibility index (Phi) is 4.60. The summed E-state index contributed by atoms with van der Waals surface area (Å²) in [6, 6.07) is 11.8. The minimum Gasteiger partial charge on any atom is -0.508 e. The van der Waals surface area contributed by atoms with Crippen molar-refractivity contribution < 1.29 is 9.84 Å². The minimum absolute atomic E-state index is 0.0516. The number of phenols is 1. The molecule has 0 saturated carbocycles. The van der Waals surface area contributed by atoms with Gasteiger partial charge < -0.3 is 19.8 Å². The van der Waals surface area contributed by atoms with Crippen LogP contribution in [0.5, 0.6) is 11.5 Å². The molecule has 0 atom stereocenters. The topological polar surface area (TPSA) is 61.0 Å². The van der Waals surface area contributed by atoms with Crippen LogP contribution >= 0.6 is 0 Å². The van der Waals surface area contributed by atoms with Crippen molar-refractivity contribution in [1.29, 1.82) is 0 Å². The number of nitrogens with one attached hydrogen (secondary N) is 2. The van der Waals surface area contributed by atoms with Crippen molar-refractivity contribution in [2.75, 3.05) is 6.61 Å². The number of benzene rings is 2. The smallest absolute Gasteiger partial charge is 0.120 e. The van der Waals surface area contributed by atoms with Crippen molar-refractivity contribution in [2.45, 2.75) is 51.9 Å². The molecule has 0 spiro atoms. The second-order valence-corrected chi connectivity index (χ2v) is 9.57. The molecule has 0 amide bonds. The molecule has 2 heterocycles. The van der Waals surface area contributed by atoms with Crippen molar-refractivity contribution in [3.63, 3.8) is 0 Å². The number of aromatic amines is 2. The van der Waals surface area contributed by atoms with Crippen LogP contribution in [0, 0.1) is 0 Å². The maximum Gasteiger partial charge on any atom is 0.120 e. The van der Waals surface area contributed by atoms with E-state index in [-0.39, 0.29) is 16.6 Å². The van der Waals surface area contributed by atoms with Crippen molar-refractivity contribution in [1.82, 2.24) is 9.97 Å². The van der Waals surface area contributed by atoms with Crippen LogP contribution in [0.2, 0.25) is 0 Å². The number of rotatable bonds is 5. The van der Waals surface area contributed by atoms with E-state index in [2.05, 4.69) is 62.9 Å². The van der Waals surface area contributed by atoms with Crippen LogP contribution in [0.3, 0.4) is 0 Å². The third-order valence-corrected chi connectivity index (χ3v) is 5.85. The van der Waals surface area contributed by atoms with Crippen LogP contribution in [0.4, 0.5) is 0 Å². The number of hydrogen-bond acceptors (Lipinski definition) is 2. The SMILES string of the molecule is CC(C)(C)c1c[nH]c2ccc(OCCC(C)(C)c3c[nH]c4cc(O)ccc34)cc12. The maximum atomic E-state index is 9.70. The van der Waals surface area contributed by atoms with Crippen LogP contribution in [-0.4, -0.2) is 21.7 Å². The lowest BCUT2D eigenvalue weighted by Gasteiger charge is -2.24. The Balaban J connectivity index is 1.50. The molecule has 2 aromatic heterocycles. The van der Waals surface area contributed by atoms with E-state index in [4.69, 9.17) is 4.74 Å². The van der Waals surface area contributed by atoms with E-state index in [9.17, 15) is 5.11 Å². The summed E-state index contributed by atoms with van der Waals surface area (Å²) in [5, 5.41) is 12.1. The van der Waals surface area contributed by atoms with Gasteiger partial charge in [0.15, 0.2) is 0 Å². The molecule has 152 valence electrons. The molecule has 3 N–H and O–H groups in total. The number of aromatic hydroxyl groups is 1. The Morgan fingerprint density at radius 3 is 2.31 bits per heavy atom. The largest absolute Gasteiger partial charge is 0.508 e. The first-order valence-electron chi connectivity index (χ1n) is 10.2. The molecule has 0 bridgehead atoms. The van der Waals surface area contributed by atoms with Crippen LogP contribution in [-0.2, 0) is 10.8 Å². The van der Waals surface area contributed by atoms with Gasteiger partial charge in [-0.15, -0.1) is 0 Å². The van der Waals surface area contributed by atoms with Crippen LogP contribution in [0.1, 0.15) is 52.2 Å². The van der Waals surface area contributed by atoms with E-state index in [1.54, 1.807) is 12.1 Å². The fourth-order valence-corrected chi connectivity index (χ4v) is 4.04. The van der Waals surface area contributed by atoms with Gasteiger partial charge in [-0.1, -0.05) is 34.6 Å². The Labute approximate surface area is 171 Å². The highest BCUT2D eigenvalue weighted by Gasteiger charge is 2.24. The number of aromatic nitrogens is 2. The van der Waals surface area contributed by atoms with Gasteiger partial charge in [0.1, 0.15) is 11.5 Å². The zero-order valence-corrected chi connectivity index (χ0v) is 17.9. The first-order valence-corrected chi connectivity index (χ1v) is 10.2. The molecule has 29 heavy (non-hydrogen) atoms. The molecule has 4 aromatic rings. The highest BCUT2D eigenvalue weighted by molar-refractivity contribution is 5.86. The Morgan fingerprint density at radius 2 is 1.55 bits per heavy atom. The van der Waals surface area contributed by atoms with Crippen molar-refractivity contribution in [3.05, 3.63) is 59.9 Å². The first-order chi connectivity index (χ1) is 13.6. The van der Waals surface area contributed by atoms with Gasteiger partial charge >= 0.3 is 0 Å². The molecule has 0 fully saturated rings. The van der Waals surface area contributed by atoms with E-state index >= 15 is 0 Å². The van der Waals surface area contributed by atoms with E-state index in [0.29, 0.717) is 6.61 Å². The van der Waals surface area contributed by atoms with E-state index in [1.165, 1.54) is 16.5 Å². The van der Waals surface area contributed by atoms with E-state index in [1.807, 2.05) is 18.3 Å². The van der Waals surface area contributed by atoms with Crippen molar-refractivity contribution in [3.8, 4) is 11.5 Å². The first kappa shape index (κ1) is 19.4. The van der Waals surface area contributed by atoms with Gasteiger partial charge in [-0.05, 0) is 58.7 Å². The lowest BCUT2D eigenvalue weighted by atomic mass is 9.81. The van der Waals surface area contributed by atoms with Crippen LogP contribution in [0.25, 0.3) is 21.8 Å². The number of ether oxygens (including phenoxy) is 1. The zero-order chi connectivity index (χ0) is 20.8. The van der Waals surface area contributed by atoms with Crippen molar-refractivity contribution >= 4 is 21.8 Å². The molecule has 0 saturated heterocycles. The summed E-state index contributed by atoms with van der Waals surface area (Å²) in [6.07, 6.45) is 5.04. The highest BCUT2D eigenvalue weighted by atomic mass is 16.5. The molecule has 4 nitrogen and oxygen atoms in total. The summed E-state index contributed by atoms with van der Waals surface area (Å²) < 4.78 is 6.15. The normalized spacial score (nSPS) is 12.7. The average Bonchev–Trinajstić information content (AvgIpc) is 3.24. The standard InChI is InChI=1S/C25H30N2O2/c1-24(2,3)20-14-26-22-9-7-17(13-19(20)22)29-11-10-25(4,5)21-15-27-23-12-16(28)6-8-18(21)23/h6-9,12-15,26-28H,10-11H2,1-5H3. The summed E-state index contributed by atoms with van der Waals surface area (Å²) in [7, 11) is 0. The van der Waals surface area contributed by atoms with Gasteiger partial charge in [0, 0.05) is 40.3 Å². The Hall–Kier alpha value is -2.88. The number of phenolic OH excluding ortho intramolecular Hbond substituents is 1. The predicted octanol–water partition coefficient (Wildman–Crippen LogP) is 6.40. The summed E-state index contributed by atoms with van der Waals surface area (Å²) in [6.45, 7) is 11.8. The van der Waals surface area contributed by atoms with E-state index < -0.39 is 0 Å². The molecule has 0 radical (unpaired) electrons. The fourth-order valence-electron chi connectivity index (χ4n) is 4.04. The monoisotopic (exact) mass is 390 g/mol. The number of H-pyrrole nitrogens is 2. The van der Waals surface area contributed by atoms with Gasteiger partial charge in [-0.2, -0.15) is 0 Å². The average molecular weight is 391 g/mol. The van der Waals surface area contributed by atoms with Gasteiger partial charge in [-0.3, -0.25) is 0 Å². The maximum absolute atomic E-state index is 9.70. The fraction of sp³-hybridized carbons (Fsp3) is 0.360. The van der Waals surface area contributed by atoms with Gasteiger partial charge in [0.2, 0.25) is 0 Å². The van der Waals surface area contributed by atoms with Gasteiger partial charge in [-0.25, -0.2) is 0 Å². The summed E-state index contributed by atoms with van der Waals surface area (Å²) in [4.78, 5) is 6.64. The molecule has 0 unspecified atom stereocenters. The summed E-state index contributed by atoms with van der Waals surface area (Å²) >= 11 is 0. The minimum atomic E-state index is -0.0516. The number of hydrogen-bond donors (Lipinski definition) is 3.